The lowest BCUT2D eigenvalue weighted by atomic mass is 10.00. The van der Waals surface area contributed by atoms with E-state index >= 15 is 0 Å². The van der Waals surface area contributed by atoms with Crippen molar-refractivity contribution in [3.05, 3.63) is 0 Å². The number of aliphatic carboxylic acids is 1. The van der Waals surface area contributed by atoms with Crippen molar-refractivity contribution >= 4 is 12.0 Å². The summed E-state index contributed by atoms with van der Waals surface area (Å²) < 4.78 is 0. The van der Waals surface area contributed by atoms with E-state index in [0.717, 1.165) is 19.3 Å². The number of carbonyl (C=O) groups excluding carboxylic acids is 1. The van der Waals surface area contributed by atoms with Crippen molar-refractivity contribution in [1.82, 2.24) is 4.90 Å². The average Bonchev–Trinajstić information content (AvgIpc) is 2.28. The van der Waals surface area contributed by atoms with Gasteiger partial charge in [0.05, 0.1) is 0 Å². The van der Waals surface area contributed by atoms with Crippen molar-refractivity contribution < 1.29 is 14.7 Å². The quantitative estimate of drug-likeness (QED) is 0.686. The molecule has 0 aliphatic carbocycles. The predicted octanol–water partition coefficient (Wildman–Crippen LogP) is 0.642. The molecule has 1 heterocycles. The number of primary amides is 1. The number of carboxylic acid groups (broad SMARTS) is 1. The molecule has 0 aromatic carbocycles. The first-order valence-electron chi connectivity index (χ1n) is 4.85. The Bertz CT molecular complexity index is 230. The Morgan fingerprint density at radius 2 is 2.14 bits per heavy atom. The fourth-order valence-electron chi connectivity index (χ4n) is 1.84. The van der Waals surface area contributed by atoms with Crippen LogP contribution in [0.5, 0.6) is 0 Å². The van der Waals surface area contributed by atoms with Crippen LogP contribution in [0.15, 0.2) is 0 Å². The highest BCUT2D eigenvalue weighted by atomic mass is 16.4. The van der Waals surface area contributed by atoms with Gasteiger partial charge in [-0.25, -0.2) is 4.79 Å². The number of hydrogen-bond donors (Lipinski definition) is 2. The second-order valence-electron chi connectivity index (χ2n) is 3.74. The number of urea groups is 1. The van der Waals surface area contributed by atoms with Crippen molar-refractivity contribution in [2.75, 3.05) is 13.1 Å². The predicted molar refractivity (Wildman–Crippen MR) is 50.8 cm³/mol. The molecular weight excluding hydrogens is 184 g/mol. The molecule has 1 unspecified atom stereocenters. The van der Waals surface area contributed by atoms with Crippen LogP contribution >= 0.6 is 0 Å². The first-order valence-corrected chi connectivity index (χ1v) is 4.85. The Labute approximate surface area is 82.9 Å². The second kappa shape index (κ2) is 4.83. The number of nitrogens with zero attached hydrogens (tertiary/aromatic N) is 1. The number of rotatable bonds is 2. The van der Waals surface area contributed by atoms with Crippen molar-refractivity contribution in [2.45, 2.75) is 25.7 Å². The zero-order chi connectivity index (χ0) is 10.6. The van der Waals surface area contributed by atoms with Crippen molar-refractivity contribution in [3.63, 3.8) is 0 Å². The molecule has 1 fully saturated rings. The number of likely N-dealkylation sites (tertiary alicyclic amines) is 1. The molecule has 0 bridgehead atoms. The monoisotopic (exact) mass is 200 g/mol. The summed E-state index contributed by atoms with van der Waals surface area (Å²) in [6.07, 6.45) is 2.89. The zero-order valence-electron chi connectivity index (χ0n) is 8.11. The van der Waals surface area contributed by atoms with Crippen LogP contribution in [0.2, 0.25) is 0 Å². The molecule has 2 amide bonds. The zero-order valence-corrected chi connectivity index (χ0v) is 8.11. The van der Waals surface area contributed by atoms with Crippen molar-refractivity contribution in [2.24, 2.45) is 11.7 Å². The third kappa shape index (κ3) is 3.24. The summed E-state index contributed by atoms with van der Waals surface area (Å²) in [6.45, 7) is 1.15. The van der Waals surface area contributed by atoms with Crippen LogP contribution in [0.4, 0.5) is 4.79 Å². The van der Waals surface area contributed by atoms with Gasteiger partial charge in [-0.3, -0.25) is 4.79 Å². The van der Waals surface area contributed by atoms with Crippen molar-refractivity contribution in [1.29, 1.82) is 0 Å². The first kappa shape index (κ1) is 10.8. The Balaban J connectivity index is 2.51. The molecule has 5 heteroatoms. The molecule has 1 aliphatic rings. The fraction of sp³-hybridized carbons (Fsp3) is 0.778. The smallest absolute Gasteiger partial charge is 0.314 e. The molecular formula is C9H16N2O3. The first-order chi connectivity index (χ1) is 6.59. The van der Waals surface area contributed by atoms with Gasteiger partial charge in [0, 0.05) is 19.5 Å². The van der Waals surface area contributed by atoms with Crippen molar-refractivity contribution in [3.8, 4) is 0 Å². The minimum atomic E-state index is -0.804. The maximum absolute atomic E-state index is 10.9. The van der Waals surface area contributed by atoms with E-state index < -0.39 is 12.0 Å². The number of amides is 2. The Kier molecular flexibility index (Phi) is 3.73. The summed E-state index contributed by atoms with van der Waals surface area (Å²) in [6, 6.07) is -0.442. The summed E-state index contributed by atoms with van der Waals surface area (Å²) in [7, 11) is 0. The van der Waals surface area contributed by atoms with Gasteiger partial charge < -0.3 is 15.7 Å². The van der Waals surface area contributed by atoms with Gasteiger partial charge in [0.25, 0.3) is 0 Å². The average molecular weight is 200 g/mol. The standard InChI is InChI=1S/C9H16N2O3/c10-9(14)11-4-2-1-3-7(6-11)5-8(12)13/h7H,1-6H2,(H2,10,14)(H,12,13). The molecule has 5 nitrogen and oxygen atoms in total. The minimum Gasteiger partial charge on any atom is -0.481 e. The minimum absolute atomic E-state index is 0.0579. The Hall–Kier alpha value is -1.26. The highest BCUT2D eigenvalue weighted by molar-refractivity contribution is 5.72. The molecule has 80 valence electrons. The van der Waals surface area contributed by atoms with Gasteiger partial charge in [-0.1, -0.05) is 6.42 Å². The van der Waals surface area contributed by atoms with E-state index in [4.69, 9.17) is 10.8 Å². The van der Waals surface area contributed by atoms with Gasteiger partial charge in [0.15, 0.2) is 0 Å². The third-order valence-electron chi connectivity index (χ3n) is 2.54. The molecule has 0 spiro atoms. The lowest BCUT2D eigenvalue weighted by Gasteiger charge is -2.21. The number of carboxylic acids is 1. The van der Waals surface area contributed by atoms with Gasteiger partial charge in [-0.2, -0.15) is 0 Å². The Morgan fingerprint density at radius 1 is 1.43 bits per heavy atom. The van der Waals surface area contributed by atoms with Crippen LogP contribution in [0.25, 0.3) is 0 Å². The maximum atomic E-state index is 10.9. The molecule has 0 saturated carbocycles. The molecule has 0 aromatic heterocycles. The molecule has 0 aromatic rings. The number of carbonyl (C=O) groups is 2. The Morgan fingerprint density at radius 3 is 2.71 bits per heavy atom. The molecule has 0 radical (unpaired) electrons. The van der Waals surface area contributed by atoms with Gasteiger partial charge >= 0.3 is 12.0 Å². The van der Waals surface area contributed by atoms with E-state index in [-0.39, 0.29) is 12.3 Å². The normalized spacial score (nSPS) is 22.9. The van der Waals surface area contributed by atoms with E-state index in [1.807, 2.05) is 0 Å². The van der Waals surface area contributed by atoms with Crippen LogP contribution in [-0.2, 0) is 4.79 Å². The maximum Gasteiger partial charge on any atom is 0.314 e. The highest BCUT2D eigenvalue weighted by Gasteiger charge is 2.21. The second-order valence-corrected chi connectivity index (χ2v) is 3.74. The summed E-state index contributed by atoms with van der Waals surface area (Å²) in [4.78, 5) is 23.0. The van der Waals surface area contributed by atoms with Gasteiger partial charge in [0.2, 0.25) is 0 Å². The number of hydrogen-bond acceptors (Lipinski definition) is 2. The van der Waals surface area contributed by atoms with E-state index in [1.54, 1.807) is 4.90 Å². The van der Waals surface area contributed by atoms with Gasteiger partial charge in [-0.15, -0.1) is 0 Å². The van der Waals surface area contributed by atoms with E-state index in [2.05, 4.69) is 0 Å². The largest absolute Gasteiger partial charge is 0.481 e. The van der Waals surface area contributed by atoms with Crippen LogP contribution in [-0.4, -0.2) is 35.1 Å². The van der Waals surface area contributed by atoms with E-state index in [0.29, 0.717) is 13.1 Å². The fourth-order valence-corrected chi connectivity index (χ4v) is 1.84. The molecule has 1 rings (SSSR count). The van der Waals surface area contributed by atoms with E-state index in [1.165, 1.54) is 0 Å². The van der Waals surface area contributed by atoms with Crippen LogP contribution in [0.1, 0.15) is 25.7 Å². The SMILES string of the molecule is NC(=O)N1CCCCC(CC(=O)O)C1. The van der Waals surface area contributed by atoms with Crippen LogP contribution in [0, 0.1) is 5.92 Å². The molecule has 1 aliphatic heterocycles. The highest BCUT2D eigenvalue weighted by Crippen LogP contribution is 2.19. The van der Waals surface area contributed by atoms with Gasteiger partial charge in [0.1, 0.15) is 0 Å². The summed E-state index contributed by atoms with van der Waals surface area (Å²) in [5, 5.41) is 8.65. The topological polar surface area (TPSA) is 83.6 Å². The molecule has 14 heavy (non-hydrogen) atoms. The lowest BCUT2D eigenvalue weighted by molar-refractivity contribution is -0.138. The third-order valence-corrected chi connectivity index (χ3v) is 2.54. The summed E-state index contributed by atoms with van der Waals surface area (Å²) in [5.41, 5.74) is 5.17. The summed E-state index contributed by atoms with van der Waals surface area (Å²) in [5.74, 6) is -0.746. The lowest BCUT2D eigenvalue weighted by Crippen LogP contribution is -2.38. The molecule has 1 atom stereocenters. The molecule has 3 N–H and O–H groups in total. The summed E-state index contributed by atoms with van der Waals surface area (Å²) >= 11 is 0. The van der Waals surface area contributed by atoms with Crippen LogP contribution < -0.4 is 5.73 Å². The van der Waals surface area contributed by atoms with E-state index in [9.17, 15) is 9.59 Å². The van der Waals surface area contributed by atoms with Gasteiger partial charge in [-0.05, 0) is 18.8 Å². The van der Waals surface area contributed by atoms with Crippen LogP contribution in [0.3, 0.4) is 0 Å². The molecule has 1 saturated heterocycles. The number of nitrogens with two attached hydrogens (primary N) is 1.